The number of carbonyl (C=O) groups is 1. The first-order valence-electron chi connectivity index (χ1n) is 4.51. The third-order valence-electron chi connectivity index (χ3n) is 2.34. The van der Waals surface area contributed by atoms with Crippen molar-refractivity contribution in [3.8, 4) is 0 Å². The average Bonchev–Trinajstić information content (AvgIpc) is 2.60. The molecule has 0 saturated carbocycles. The lowest BCUT2D eigenvalue weighted by Crippen LogP contribution is -2.28. The number of aromatic nitrogens is 2. The maximum Gasteiger partial charge on any atom is 0.269 e. The van der Waals surface area contributed by atoms with Gasteiger partial charge < -0.3 is 11.1 Å². The molecular weight excluding hydrogens is 206 g/mol. The van der Waals surface area contributed by atoms with E-state index >= 15 is 0 Å². The molecule has 2 rings (SSSR count). The zero-order valence-electron chi connectivity index (χ0n) is 7.78. The topological polar surface area (TPSA) is 72.9 Å². The number of nitrogens with one attached hydrogen (secondary N) is 1. The van der Waals surface area contributed by atoms with Crippen LogP contribution in [0.15, 0.2) is 6.07 Å². The first-order valence-corrected chi connectivity index (χ1v) is 4.51. The van der Waals surface area contributed by atoms with Crippen LogP contribution in [0.1, 0.15) is 23.0 Å². The van der Waals surface area contributed by atoms with Gasteiger partial charge in [-0.2, -0.15) is 5.10 Å². The maximum atomic E-state index is 12.6. The number of halogens is 2. The molecule has 1 aromatic heterocycles. The summed E-state index contributed by atoms with van der Waals surface area (Å²) in [7, 11) is 0. The molecule has 0 fully saturated rings. The van der Waals surface area contributed by atoms with Gasteiger partial charge in [-0.25, -0.2) is 13.5 Å². The van der Waals surface area contributed by atoms with Crippen molar-refractivity contribution in [2.45, 2.75) is 18.9 Å². The number of primary amides is 1. The average molecular weight is 216 g/mol. The van der Waals surface area contributed by atoms with Crippen LogP contribution in [-0.4, -0.2) is 28.7 Å². The van der Waals surface area contributed by atoms with E-state index in [1.807, 2.05) is 0 Å². The minimum absolute atomic E-state index is 0.00468. The van der Waals surface area contributed by atoms with E-state index in [0.29, 0.717) is 12.4 Å². The number of hydrogen-bond donors (Lipinski definition) is 2. The predicted octanol–water partition coefficient (Wildman–Crippen LogP) is 0.604. The Balaban J connectivity index is 2.38. The number of amides is 1. The zero-order chi connectivity index (χ0) is 11.0. The fourth-order valence-corrected chi connectivity index (χ4v) is 1.60. The molecule has 0 spiro atoms. The second-order valence-corrected chi connectivity index (χ2v) is 3.34. The van der Waals surface area contributed by atoms with Crippen LogP contribution in [0, 0.1) is 0 Å². The third-order valence-corrected chi connectivity index (χ3v) is 2.34. The maximum absolute atomic E-state index is 12.6. The fourth-order valence-electron chi connectivity index (χ4n) is 1.60. The monoisotopic (exact) mass is 216 g/mol. The third kappa shape index (κ3) is 1.64. The Morgan fingerprint density at radius 3 is 3.07 bits per heavy atom. The van der Waals surface area contributed by atoms with Crippen LogP contribution in [0.3, 0.4) is 0 Å². The van der Waals surface area contributed by atoms with Crippen molar-refractivity contribution in [2.24, 2.45) is 5.73 Å². The van der Waals surface area contributed by atoms with Gasteiger partial charge in [-0.3, -0.25) is 4.79 Å². The van der Waals surface area contributed by atoms with E-state index in [2.05, 4.69) is 10.4 Å². The lowest BCUT2D eigenvalue weighted by Gasteiger charge is -2.24. The molecule has 1 aromatic rings. The molecule has 0 radical (unpaired) electrons. The first kappa shape index (κ1) is 9.88. The van der Waals surface area contributed by atoms with Crippen LogP contribution in [0.25, 0.3) is 0 Å². The summed E-state index contributed by atoms with van der Waals surface area (Å²) in [5.41, 5.74) is 5.02. The molecule has 82 valence electrons. The van der Waals surface area contributed by atoms with Gasteiger partial charge in [-0.1, -0.05) is 0 Å². The molecule has 0 saturated heterocycles. The SMILES string of the molecule is NC(=O)c1cc2n(n1)C(C(F)F)CCN2. The van der Waals surface area contributed by atoms with Crippen LogP contribution in [0.4, 0.5) is 14.6 Å². The Bertz CT molecular complexity index is 390. The van der Waals surface area contributed by atoms with E-state index in [1.54, 1.807) is 0 Å². The smallest absolute Gasteiger partial charge is 0.269 e. The Kier molecular flexibility index (Phi) is 2.29. The highest BCUT2D eigenvalue weighted by Gasteiger charge is 2.29. The molecule has 1 aliphatic heterocycles. The molecule has 2 heterocycles. The molecule has 1 aliphatic rings. The molecule has 15 heavy (non-hydrogen) atoms. The molecule has 1 unspecified atom stereocenters. The molecule has 3 N–H and O–H groups in total. The van der Waals surface area contributed by atoms with Crippen molar-refractivity contribution in [2.75, 3.05) is 11.9 Å². The van der Waals surface area contributed by atoms with Gasteiger partial charge in [-0.05, 0) is 6.42 Å². The van der Waals surface area contributed by atoms with Gasteiger partial charge >= 0.3 is 0 Å². The Labute approximate surface area is 84.2 Å². The molecule has 7 heteroatoms. The lowest BCUT2D eigenvalue weighted by molar-refractivity contribution is 0.0709. The van der Waals surface area contributed by atoms with Crippen molar-refractivity contribution in [3.63, 3.8) is 0 Å². The number of alkyl halides is 2. The van der Waals surface area contributed by atoms with Crippen LogP contribution in [0.5, 0.6) is 0 Å². The predicted molar refractivity (Wildman–Crippen MR) is 48.9 cm³/mol. The summed E-state index contributed by atoms with van der Waals surface area (Å²) in [5, 5.41) is 6.63. The van der Waals surface area contributed by atoms with Gasteiger partial charge in [0.05, 0.1) is 0 Å². The van der Waals surface area contributed by atoms with Crippen molar-refractivity contribution < 1.29 is 13.6 Å². The van der Waals surface area contributed by atoms with Crippen molar-refractivity contribution in [1.82, 2.24) is 9.78 Å². The number of fused-ring (bicyclic) bond motifs is 1. The van der Waals surface area contributed by atoms with E-state index < -0.39 is 18.4 Å². The minimum Gasteiger partial charge on any atom is -0.370 e. The van der Waals surface area contributed by atoms with Gasteiger partial charge in [0, 0.05) is 12.6 Å². The van der Waals surface area contributed by atoms with Crippen LogP contribution in [-0.2, 0) is 0 Å². The van der Waals surface area contributed by atoms with E-state index in [9.17, 15) is 13.6 Å². The summed E-state index contributed by atoms with van der Waals surface area (Å²) in [6.07, 6.45) is -2.21. The number of rotatable bonds is 2. The zero-order valence-corrected chi connectivity index (χ0v) is 7.78. The van der Waals surface area contributed by atoms with Gasteiger partial charge in [0.2, 0.25) is 0 Å². The quantitative estimate of drug-likeness (QED) is 0.760. The van der Waals surface area contributed by atoms with E-state index in [1.165, 1.54) is 6.07 Å². The molecular formula is C8H10F2N4O. The second-order valence-electron chi connectivity index (χ2n) is 3.34. The number of anilines is 1. The Morgan fingerprint density at radius 2 is 2.47 bits per heavy atom. The van der Waals surface area contributed by atoms with E-state index in [4.69, 9.17) is 5.73 Å². The van der Waals surface area contributed by atoms with Crippen molar-refractivity contribution in [1.29, 1.82) is 0 Å². The van der Waals surface area contributed by atoms with Crippen LogP contribution < -0.4 is 11.1 Å². The molecule has 0 bridgehead atoms. The summed E-state index contributed by atoms with van der Waals surface area (Å²) < 4.78 is 26.3. The van der Waals surface area contributed by atoms with Crippen molar-refractivity contribution in [3.05, 3.63) is 11.8 Å². The van der Waals surface area contributed by atoms with Gasteiger partial charge in [0.25, 0.3) is 12.3 Å². The van der Waals surface area contributed by atoms with Gasteiger partial charge in [0.1, 0.15) is 11.9 Å². The van der Waals surface area contributed by atoms with Gasteiger partial charge in [0.15, 0.2) is 5.69 Å². The highest BCUT2D eigenvalue weighted by Crippen LogP contribution is 2.28. The Hall–Kier alpha value is -1.66. The fraction of sp³-hybridized carbons (Fsp3) is 0.500. The number of carbonyl (C=O) groups excluding carboxylic acids is 1. The molecule has 1 amide bonds. The van der Waals surface area contributed by atoms with Gasteiger partial charge in [-0.15, -0.1) is 0 Å². The summed E-state index contributed by atoms with van der Waals surface area (Å²) in [6, 6.07) is 0.408. The van der Waals surface area contributed by atoms with Crippen LogP contribution >= 0.6 is 0 Å². The molecule has 1 atom stereocenters. The molecule has 5 nitrogen and oxygen atoms in total. The van der Waals surface area contributed by atoms with E-state index in [-0.39, 0.29) is 12.1 Å². The molecule has 0 aromatic carbocycles. The largest absolute Gasteiger partial charge is 0.370 e. The Morgan fingerprint density at radius 1 is 1.73 bits per heavy atom. The summed E-state index contributed by atoms with van der Waals surface area (Å²) in [6.45, 7) is 0.443. The highest BCUT2D eigenvalue weighted by atomic mass is 19.3. The number of nitrogens with two attached hydrogens (primary N) is 1. The van der Waals surface area contributed by atoms with Crippen molar-refractivity contribution >= 4 is 11.7 Å². The highest BCUT2D eigenvalue weighted by molar-refractivity contribution is 5.91. The summed E-state index contributed by atoms with van der Waals surface area (Å²) in [4.78, 5) is 10.8. The number of nitrogens with zero attached hydrogens (tertiary/aromatic N) is 2. The lowest BCUT2D eigenvalue weighted by atomic mass is 10.2. The standard InChI is InChI=1S/C8H10F2N4O/c9-7(10)5-1-2-12-6-3-4(8(11)15)13-14(5)6/h3,5,7,12H,1-2H2,(H2,11,15). The summed E-state index contributed by atoms with van der Waals surface area (Å²) >= 11 is 0. The normalized spacial score (nSPS) is 19.8. The summed E-state index contributed by atoms with van der Waals surface area (Å²) in [5.74, 6) is -0.299. The minimum atomic E-state index is -2.49. The van der Waals surface area contributed by atoms with E-state index in [0.717, 1.165) is 4.68 Å². The van der Waals surface area contributed by atoms with Crippen LogP contribution in [0.2, 0.25) is 0 Å². The molecule has 0 aliphatic carbocycles. The number of hydrogen-bond acceptors (Lipinski definition) is 3. The first-order chi connectivity index (χ1) is 7.09. The second kappa shape index (κ2) is 3.48.